The van der Waals surface area contributed by atoms with Crippen molar-refractivity contribution in [1.82, 2.24) is 14.1 Å². The summed E-state index contributed by atoms with van der Waals surface area (Å²) >= 11 is 2.51. The SMILES string of the molecule is CC(C)(C)c1cc(-n2[c](=[Pt])n(-c3[c-]c(Oc4[c-]c5c(cc4)C4(c6ccccc6-c6ccccc64)c4ccccc4N5c4cc(C(C)(C)C)ccn4)ccc3)c3ccc(-c4ccccc4)cc32)cc(C(C)(C)C)c1. The molecule has 0 saturated carbocycles. The Morgan fingerprint density at radius 2 is 1.10 bits per heavy atom. The Bertz CT molecular complexity index is 3800. The number of nitrogens with zero attached hydrogens (tertiary/aromatic N) is 4. The summed E-state index contributed by atoms with van der Waals surface area (Å²) in [5.41, 5.74) is 18.8. The number of anilines is 3. The second-order valence-corrected chi connectivity index (χ2v) is 23.7. The summed E-state index contributed by atoms with van der Waals surface area (Å²) in [7, 11) is 0. The molecule has 0 N–H and O–H groups in total. The minimum absolute atomic E-state index is 0.0526. The Morgan fingerprint density at radius 3 is 1.77 bits per heavy atom. The van der Waals surface area contributed by atoms with Crippen molar-refractivity contribution >= 4 is 28.2 Å². The molecule has 6 heteroatoms. The van der Waals surface area contributed by atoms with Gasteiger partial charge in [-0.15, -0.1) is 0 Å². The predicted octanol–water partition coefficient (Wildman–Crippen LogP) is 17.0. The van der Waals surface area contributed by atoms with Gasteiger partial charge in [0.2, 0.25) is 0 Å². The van der Waals surface area contributed by atoms with Gasteiger partial charge >= 0.3 is 322 Å². The molecule has 8 aromatic carbocycles. The number of ether oxygens (including phenoxy) is 1. The van der Waals surface area contributed by atoms with Gasteiger partial charge in [-0.25, -0.2) is 0 Å². The van der Waals surface area contributed by atoms with Crippen molar-refractivity contribution in [3.63, 3.8) is 0 Å². The van der Waals surface area contributed by atoms with Crippen LogP contribution in [-0.2, 0) is 41.0 Å². The summed E-state index contributed by atoms with van der Waals surface area (Å²) in [6.07, 6.45) is 1.94. The zero-order chi connectivity index (χ0) is 50.6. The van der Waals surface area contributed by atoms with E-state index >= 15 is 0 Å². The first kappa shape index (κ1) is 46.7. The van der Waals surface area contributed by atoms with E-state index in [2.05, 4.69) is 284 Å². The number of aromatic nitrogens is 3. The van der Waals surface area contributed by atoms with Crippen LogP contribution >= 0.6 is 0 Å². The number of hydrogen-bond donors (Lipinski definition) is 0. The van der Waals surface area contributed by atoms with Crippen LogP contribution in [0.1, 0.15) is 101 Å². The van der Waals surface area contributed by atoms with Gasteiger partial charge < -0.3 is 0 Å². The van der Waals surface area contributed by atoms with Crippen LogP contribution in [-0.4, -0.2) is 14.1 Å². The van der Waals surface area contributed by atoms with E-state index in [1.165, 1.54) is 50.1 Å². The second-order valence-electron chi connectivity index (χ2n) is 22.7. The van der Waals surface area contributed by atoms with Gasteiger partial charge in [0, 0.05) is 6.20 Å². The van der Waals surface area contributed by atoms with E-state index in [4.69, 9.17) is 9.72 Å². The monoisotopic (exact) mass is 1130 g/mol. The minimum atomic E-state index is -0.611. The van der Waals surface area contributed by atoms with Gasteiger partial charge in [-0.1, -0.05) is 87.5 Å². The van der Waals surface area contributed by atoms with Crippen molar-refractivity contribution in [3.8, 4) is 45.1 Å². The van der Waals surface area contributed by atoms with E-state index in [9.17, 15) is 0 Å². The fraction of sp³-hybridized carbons (Fsp3) is 0.194. The van der Waals surface area contributed by atoms with E-state index in [1.54, 1.807) is 0 Å². The molecular formula is C67H58N4OPt-2. The van der Waals surface area contributed by atoms with Gasteiger partial charge in [0.1, 0.15) is 0 Å². The number of pyridine rings is 1. The molecule has 0 radical (unpaired) electrons. The first-order valence-electron chi connectivity index (χ1n) is 25.3. The number of para-hydroxylation sites is 1. The molecule has 3 heterocycles. The van der Waals surface area contributed by atoms with Crippen molar-refractivity contribution in [2.75, 3.05) is 4.90 Å². The number of hydrogen-bond acceptors (Lipinski definition) is 3. The molecule has 364 valence electrons. The zero-order valence-electron chi connectivity index (χ0n) is 42.9. The number of imidazole rings is 1. The number of fused-ring (bicyclic) bond motifs is 10. The maximum atomic E-state index is 6.99. The average Bonchev–Trinajstić information content (AvgIpc) is 3.84. The molecule has 1 aliphatic carbocycles. The molecule has 0 bridgehead atoms. The first-order chi connectivity index (χ1) is 35.0. The van der Waals surface area contributed by atoms with Crippen molar-refractivity contribution in [2.24, 2.45) is 0 Å². The molecule has 1 spiro atoms. The molecule has 10 aromatic rings. The molecule has 2 aromatic heterocycles. The van der Waals surface area contributed by atoms with Gasteiger partial charge in [0.05, 0.1) is 0 Å². The molecule has 5 nitrogen and oxygen atoms in total. The van der Waals surface area contributed by atoms with Crippen molar-refractivity contribution < 1.29 is 24.1 Å². The Balaban J connectivity index is 1.03. The number of benzene rings is 8. The van der Waals surface area contributed by atoms with Gasteiger partial charge in [-0.3, -0.25) is 0 Å². The first-order valence-corrected chi connectivity index (χ1v) is 26.4. The van der Waals surface area contributed by atoms with Gasteiger partial charge in [-0.05, 0) is 28.2 Å². The fourth-order valence-corrected chi connectivity index (χ4v) is 12.2. The van der Waals surface area contributed by atoms with Crippen molar-refractivity contribution in [1.29, 1.82) is 0 Å². The van der Waals surface area contributed by atoms with Crippen LogP contribution < -0.4 is 9.64 Å². The molecule has 0 fully saturated rings. The van der Waals surface area contributed by atoms with E-state index in [1.807, 2.05) is 12.3 Å². The van der Waals surface area contributed by atoms with Crippen molar-refractivity contribution in [2.45, 2.75) is 84.0 Å². The Kier molecular flexibility index (Phi) is 11.0. The van der Waals surface area contributed by atoms with Gasteiger partial charge in [-0.2, -0.15) is 0 Å². The quantitative estimate of drug-likeness (QED) is 0.156. The Labute approximate surface area is 440 Å². The molecule has 0 amide bonds. The predicted molar refractivity (Wildman–Crippen MR) is 295 cm³/mol. The molecule has 1 aliphatic heterocycles. The molecular weight excluding hydrogens is 1070 g/mol. The topological polar surface area (TPSA) is 35.2 Å². The molecule has 0 unspecified atom stereocenters. The third kappa shape index (κ3) is 7.70. The van der Waals surface area contributed by atoms with Crippen LogP contribution in [0.4, 0.5) is 17.2 Å². The zero-order valence-corrected chi connectivity index (χ0v) is 45.2. The normalized spacial score (nSPS) is 13.7. The van der Waals surface area contributed by atoms with Crippen LogP contribution in [0.3, 0.4) is 0 Å². The third-order valence-electron chi connectivity index (χ3n) is 14.9. The summed E-state index contributed by atoms with van der Waals surface area (Å²) < 4.78 is 12.7. The molecule has 12 rings (SSSR count). The van der Waals surface area contributed by atoms with Gasteiger partial charge in [0.25, 0.3) is 0 Å². The summed E-state index contributed by atoms with van der Waals surface area (Å²) in [6, 6.07) is 73.7. The summed E-state index contributed by atoms with van der Waals surface area (Å²) in [5, 5.41) is 0. The average molecular weight is 1130 g/mol. The molecule has 2 aliphatic rings. The summed E-state index contributed by atoms with van der Waals surface area (Å²) in [6.45, 7) is 20.6. The van der Waals surface area contributed by atoms with Crippen molar-refractivity contribution in [3.05, 3.63) is 243 Å². The van der Waals surface area contributed by atoms with E-state index in [0.717, 1.165) is 54.5 Å². The van der Waals surface area contributed by atoms with E-state index in [-0.39, 0.29) is 16.2 Å². The molecule has 0 atom stereocenters. The third-order valence-corrected chi connectivity index (χ3v) is 15.9. The van der Waals surface area contributed by atoms with Crippen LogP contribution in [0, 0.1) is 15.9 Å². The molecule has 0 saturated heterocycles. The maximum absolute atomic E-state index is 6.99. The standard InChI is InChI=1S/C67H58N4O.Pt/c1-64(2,3)46-34-35-68-63(40-46)71-59-29-18-17-28-57(59)67(55-26-15-13-24-53(55)54-25-14-16-27-56(54)67)58-32-31-52(42-61(58)71)72-51-23-19-22-49(41-51)69-43-70(50-38-47(65(4,5)6)37-48(39-50)66(7,8)9)62-36-45(30-33-60(62)69)44-20-11-10-12-21-44;/h10-40H,1-9H3;/q-2;. The van der Waals surface area contributed by atoms with E-state index < -0.39 is 5.41 Å². The van der Waals surface area contributed by atoms with Gasteiger partial charge in [0.15, 0.2) is 0 Å². The Morgan fingerprint density at radius 1 is 0.479 bits per heavy atom. The Hall–Kier alpha value is -7.33. The molecule has 73 heavy (non-hydrogen) atoms. The second kappa shape index (κ2) is 17.1. The van der Waals surface area contributed by atoms with Crippen LogP contribution in [0.5, 0.6) is 11.5 Å². The summed E-state index contributed by atoms with van der Waals surface area (Å²) in [5.74, 6) is 2.01. The van der Waals surface area contributed by atoms with Crippen LogP contribution in [0.25, 0.3) is 44.7 Å². The van der Waals surface area contributed by atoms with Crippen LogP contribution in [0.2, 0.25) is 0 Å². The number of rotatable bonds is 6. The fourth-order valence-electron chi connectivity index (χ4n) is 11.1. The van der Waals surface area contributed by atoms with E-state index in [0.29, 0.717) is 11.5 Å². The summed E-state index contributed by atoms with van der Waals surface area (Å²) in [4.78, 5) is 7.39. The van der Waals surface area contributed by atoms with Crippen LogP contribution in [0.15, 0.2) is 188 Å².